The summed E-state index contributed by atoms with van der Waals surface area (Å²) in [6.07, 6.45) is 0.344. The molecular weight excluding hydrogens is 258 g/mol. The van der Waals surface area contributed by atoms with Crippen LogP contribution in [0.1, 0.15) is 18.9 Å². The summed E-state index contributed by atoms with van der Waals surface area (Å²) in [6, 6.07) is 9.24. The van der Waals surface area contributed by atoms with Gasteiger partial charge in [0.05, 0.1) is 5.92 Å². The van der Waals surface area contributed by atoms with E-state index in [-0.39, 0.29) is 18.1 Å². The Balaban J connectivity index is 1.61. The molecule has 3 atom stereocenters. The van der Waals surface area contributed by atoms with Crippen molar-refractivity contribution >= 4 is 12.1 Å². The SMILES string of the molecule is C[C@]12C[C@H]([C@H]1C(=O)O)N(C(=O)OCc1ccccc1)C2. The lowest BCUT2D eigenvalue weighted by molar-refractivity contribution is -0.151. The highest BCUT2D eigenvalue weighted by atomic mass is 16.6. The molecule has 2 bridgehead atoms. The van der Waals surface area contributed by atoms with Crippen LogP contribution in [-0.2, 0) is 16.1 Å². The minimum absolute atomic E-state index is 0.208. The van der Waals surface area contributed by atoms with Crippen molar-refractivity contribution in [2.24, 2.45) is 11.3 Å². The van der Waals surface area contributed by atoms with Gasteiger partial charge in [-0.05, 0) is 12.0 Å². The first-order valence-electron chi connectivity index (χ1n) is 6.71. The third-order valence-corrected chi connectivity index (χ3v) is 4.45. The van der Waals surface area contributed by atoms with E-state index in [4.69, 9.17) is 4.74 Å². The van der Waals surface area contributed by atoms with Gasteiger partial charge in [0.25, 0.3) is 0 Å². The number of carbonyl (C=O) groups is 2. The van der Waals surface area contributed by atoms with E-state index in [9.17, 15) is 14.7 Å². The van der Waals surface area contributed by atoms with Crippen LogP contribution in [0, 0.1) is 11.3 Å². The van der Waals surface area contributed by atoms with Crippen LogP contribution in [0.15, 0.2) is 30.3 Å². The molecular formula is C15H17NO4. The molecule has 5 heteroatoms. The van der Waals surface area contributed by atoms with Crippen LogP contribution < -0.4 is 0 Å². The van der Waals surface area contributed by atoms with Gasteiger partial charge < -0.3 is 14.7 Å². The van der Waals surface area contributed by atoms with Gasteiger partial charge in [-0.3, -0.25) is 4.79 Å². The Morgan fingerprint density at radius 3 is 2.70 bits per heavy atom. The summed E-state index contributed by atoms with van der Waals surface area (Å²) in [6.45, 7) is 2.62. The molecule has 0 aromatic heterocycles. The van der Waals surface area contributed by atoms with Gasteiger partial charge in [0, 0.05) is 18.0 Å². The second kappa shape index (κ2) is 4.51. The lowest BCUT2D eigenvalue weighted by Gasteiger charge is -2.40. The molecule has 5 nitrogen and oxygen atoms in total. The van der Waals surface area contributed by atoms with Gasteiger partial charge in [-0.15, -0.1) is 0 Å². The predicted molar refractivity (Wildman–Crippen MR) is 71.0 cm³/mol. The number of carboxylic acids is 1. The van der Waals surface area contributed by atoms with Crippen molar-refractivity contribution in [3.05, 3.63) is 35.9 Å². The van der Waals surface area contributed by atoms with Crippen LogP contribution >= 0.6 is 0 Å². The maximum Gasteiger partial charge on any atom is 0.410 e. The first-order chi connectivity index (χ1) is 9.51. The average molecular weight is 275 g/mol. The Morgan fingerprint density at radius 2 is 2.10 bits per heavy atom. The van der Waals surface area contributed by atoms with E-state index in [1.165, 1.54) is 0 Å². The number of hydrogen-bond acceptors (Lipinski definition) is 3. The standard InChI is InChI=1S/C15H17NO4/c1-15-7-11(12(15)13(17)18)16(9-15)14(19)20-8-10-5-3-2-4-6-10/h2-6,11-12H,7-9H2,1H3,(H,17,18)/t11-,12+,15-/m1/s1. The lowest BCUT2D eigenvalue weighted by atomic mass is 9.62. The van der Waals surface area contributed by atoms with Crippen molar-refractivity contribution in [1.82, 2.24) is 4.90 Å². The Labute approximate surface area is 117 Å². The summed E-state index contributed by atoms with van der Waals surface area (Å²) in [4.78, 5) is 24.9. The quantitative estimate of drug-likeness (QED) is 0.917. The zero-order valence-electron chi connectivity index (χ0n) is 11.3. The summed E-state index contributed by atoms with van der Waals surface area (Å²) in [5.74, 6) is -1.27. The number of benzene rings is 1. The number of carbonyl (C=O) groups excluding carboxylic acids is 1. The number of carboxylic acid groups (broad SMARTS) is 1. The van der Waals surface area contributed by atoms with Gasteiger partial charge in [-0.1, -0.05) is 37.3 Å². The molecule has 2 heterocycles. The van der Waals surface area contributed by atoms with Crippen molar-refractivity contribution in [3.63, 3.8) is 0 Å². The summed E-state index contributed by atoms with van der Waals surface area (Å²) >= 11 is 0. The summed E-state index contributed by atoms with van der Waals surface area (Å²) < 4.78 is 5.28. The average Bonchev–Trinajstić information content (AvgIpc) is 2.89. The normalized spacial score (nSPS) is 30.8. The summed E-state index contributed by atoms with van der Waals surface area (Å²) in [5.41, 5.74) is 0.635. The molecule has 20 heavy (non-hydrogen) atoms. The third-order valence-electron chi connectivity index (χ3n) is 4.45. The molecule has 3 fully saturated rings. The number of amides is 1. The summed E-state index contributed by atoms with van der Waals surface area (Å²) in [7, 11) is 0. The zero-order valence-corrected chi connectivity index (χ0v) is 11.3. The minimum Gasteiger partial charge on any atom is -0.481 e. The molecule has 106 valence electrons. The molecule has 0 spiro atoms. The monoisotopic (exact) mass is 275 g/mol. The van der Waals surface area contributed by atoms with E-state index < -0.39 is 18.0 Å². The molecule has 4 rings (SSSR count). The van der Waals surface area contributed by atoms with E-state index in [1.54, 1.807) is 4.90 Å². The Kier molecular flexibility index (Phi) is 2.92. The fourth-order valence-electron chi connectivity index (χ4n) is 3.45. The largest absolute Gasteiger partial charge is 0.481 e. The van der Waals surface area contributed by atoms with Gasteiger partial charge in [-0.25, -0.2) is 4.79 Å². The molecule has 1 aliphatic carbocycles. The van der Waals surface area contributed by atoms with Gasteiger partial charge in [0.15, 0.2) is 0 Å². The number of fused-ring (bicyclic) bond motifs is 1. The molecule has 1 N–H and O–H groups in total. The first-order valence-corrected chi connectivity index (χ1v) is 6.71. The Hall–Kier alpha value is -2.04. The fourth-order valence-corrected chi connectivity index (χ4v) is 3.45. The molecule has 3 aliphatic rings. The molecule has 1 saturated carbocycles. The van der Waals surface area contributed by atoms with Crippen molar-refractivity contribution < 1.29 is 19.4 Å². The van der Waals surface area contributed by atoms with Crippen LogP contribution in [-0.4, -0.2) is 34.7 Å². The molecule has 2 aliphatic heterocycles. The highest BCUT2D eigenvalue weighted by Gasteiger charge is 2.65. The van der Waals surface area contributed by atoms with Crippen LogP contribution in [0.2, 0.25) is 0 Å². The predicted octanol–water partition coefficient (Wildman–Crippen LogP) is 2.12. The minimum atomic E-state index is -0.817. The first kappa shape index (κ1) is 13.0. The second-order valence-electron chi connectivity index (χ2n) is 5.91. The smallest absolute Gasteiger partial charge is 0.410 e. The molecule has 1 aromatic carbocycles. The molecule has 1 amide bonds. The van der Waals surface area contributed by atoms with Crippen LogP contribution in [0.3, 0.4) is 0 Å². The van der Waals surface area contributed by atoms with Gasteiger partial charge in [0.1, 0.15) is 6.61 Å². The second-order valence-corrected chi connectivity index (χ2v) is 5.91. The Morgan fingerprint density at radius 1 is 1.40 bits per heavy atom. The van der Waals surface area contributed by atoms with E-state index in [0.29, 0.717) is 6.54 Å². The van der Waals surface area contributed by atoms with Gasteiger partial charge in [0.2, 0.25) is 0 Å². The zero-order chi connectivity index (χ0) is 14.3. The van der Waals surface area contributed by atoms with Crippen LogP contribution in [0.25, 0.3) is 0 Å². The number of rotatable bonds is 3. The number of aliphatic carboxylic acids is 1. The fraction of sp³-hybridized carbons (Fsp3) is 0.467. The molecule has 1 aromatic rings. The van der Waals surface area contributed by atoms with E-state index >= 15 is 0 Å². The van der Waals surface area contributed by atoms with Crippen molar-refractivity contribution in [2.75, 3.05) is 6.54 Å². The highest BCUT2D eigenvalue weighted by Crippen LogP contribution is 2.56. The van der Waals surface area contributed by atoms with Crippen molar-refractivity contribution in [2.45, 2.75) is 26.0 Å². The van der Waals surface area contributed by atoms with E-state index in [0.717, 1.165) is 12.0 Å². The Bertz CT molecular complexity index is 544. The highest BCUT2D eigenvalue weighted by molar-refractivity contribution is 5.78. The van der Waals surface area contributed by atoms with Gasteiger partial charge >= 0.3 is 12.1 Å². The number of nitrogens with zero attached hydrogens (tertiary/aromatic N) is 1. The lowest BCUT2D eigenvalue weighted by Crippen LogP contribution is -2.50. The van der Waals surface area contributed by atoms with Crippen LogP contribution in [0.5, 0.6) is 0 Å². The molecule has 0 radical (unpaired) electrons. The summed E-state index contributed by atoms with van der Waals surface area (Å²) in [5, 5.41) is 9.21. The number of ether oxygens (including phenoxy) is 1. The molecule has 0 unspecified atom stereocenters. The third kappa shape index (κ3) is 1.94. The maximum atomic E-state index is 12.1. The van der Waals surface area contributed by atoms with Crippen LogP contribution in [0.4, 0.5) is 4.79 Å². The maximum absolute atomic E-state index is 12.1. The van der Waals surface area contributed by atoms with Crippen molar-refractivity contribution in [1.29, 1.82) is 0 Å². The number of hydrogen-bond donors (Lipinski definition) is 1. The van der Waals surface area contributed by atoms with Gasteiger partial charge in [-0.2, -0.15) is 0 Å². The van der Waals surface area contributed by atoms with Crippen molar-refractivity contribution in [3.8, 4) is 0 Å². The van der Waals surface area contributed by atoms with E-state index in [1.807, 2.05) is 37.3 Å². The topological polar surface area (TPSA) is 66.8 Å². The molecule has 2 saturated heterocycles. The van der Waals surface area contributed by atoms with E-state index in [2.05, 4.69) is 0 Å².